The predicted octanol–water partition coefficient (Wildman–Crippen LogP) is 4.90. The van der Waals surface area contributed by atoms with Crippen molar-refractivity contribution < 1.29 is 9.59 Å². The van der Waals surface area contributed by atoms with Crippen molar-refractivity contribution in [2.24, 2.45) is 0 Å². The normalized spacial score (nSPS) is 10.4. The second-order valence-corrected chi connectivity index (χ2v) is 7.14. The summed E-state index contributed by atoms with van der Waals surface area (Å²) in [4.78, 5) is 27.4. The van der Waals surface area contributed by atoms with E-state index in [9.17, 15) is 9.59 Å². The first-order chi connectivity index (χ1) is 14.0. The van der Waals surface area contributed by atoms with E-state index >= 15 is 0 Å². The Bertz CT molecular complexity index is 1030. The number of amides is 2. The number of anilines is 1. The van der Waals surface area contributed by atoms with E-state index in [-0.39, 0.29) is 11.8 Å². The van der Waals surface area contributed by atoms with Gasteiger partial charge >= 0.3 is 0 Å². The summed E-state index contributed by atoms with van der Waals surface area (Å²) >= 11 is 0. The van der Waals surface area contributed by atoms with E-state index in [0.29, 0.717) is 24.2 Å². The van der Waals surface area contributed by atoms with E-state index in [1.54, 1.807) is 29.2 Å². The summed E-state index contributed by atoms with van der Waals surface area (Å²) < 4.78 is 0. The maximum absolute atomic E-state index is 13.1. The summed E-state index contributed by atoms with van der Waals surface area (Å²) in [7, 11) is 0. The Labute approximate surface area is 172 Å². The van der Waals surface area contributed by atoms with Gasteiger partial charge in [-0.05, 0) is 62.2 Å². The van der Waals surface area contributed by atoms with E-state index in [1.807, 2.05) is 69.3 Å². The molecular formula is C25H26N2O2. The quantitative estimate of drug-likeness (QED) is 0.655. The number of carbonyl (C=O) groups is 2. The summed E-state index contributed by atoms with van der Waals surface area (Å²) in [6, 6.07) is 22.8. The van der Waals surface area contributed by atoms with Gasteiger partial charge in [-0.1, -0.05) is 48.0 Å². The van der Waals surface area contributed by atoms with Crippen molar-refractivity contribution in [3.05, 3.63) is 101 Å². The molecule has 0 aromatic heterocycles. The number of hydrogen-bond acceptors (Lipinski definition) is 2. The van der Waals surface area contributed by atoms with Crippen molar-refractivity contribution in [1.29, 1.82) is 0 Å². The van der Waals surface area contributed by atoms with E-state index in [1.165, 1.54) is 0 Å². The van der Waals surface area contributed by atoms with Crippen LogP contribution < -0.4 is 10.2 Å². The molecule has 0 unspecified atom stereocenters. The Balaban J connectivity index is 1.75. The lowest BCUT2D eigenvalue weighted by Gasteiger charge is -2.22. The van der Waals surface area contributed by atoms with Crippen LogP contribution in [0.2, 0.25) is 0 Å². The van der Waals surface area contributed by atoms with E-state index in [2.05, 4.69) is 5.32 Å². The maximum atomic E-state index is 13.1. The van der Waals surface area contributed by atoms with Gasteiger partial charge in [0.05, 0.1) is 0 Å². The van der Waals surface area contributed by atoms with Gasteiger partial charge in [0, 0.05) is 29.9 Å². The maximum Gasteiger partial charge on any atom is 0.258 e. The molecule has 0 aliphatic rings. The SMILES string of the molecule is CCN(C(=O)c1cccc(C(=O)NCc2cccc(C)c2)c1)c1cccc(C)c1. The van der Waals surface area contributed by atoms with Gasteiger partial charge in [0.15, 0.2) is 0 Å². The number of nitrogens with zero attached hydrogens (tertiary/aromatic N) is 1. The van der Waals surface area contributed by atoms with Crippen LogP contribution in [0.5, 0.6) is 0 Å². The number of hydrogen-bond donors (Lipinski definition) is 1. The fraction of sp³-hybridized carbons (Fsp3) is 0.200. The van der Waals surface area contributed by atoms with Crippen molar-refractivity contribution in [2.45, 2.75) is 27.3 Å². The molecule has 0 aliphatic carbocycles. The van der Waals surface area contributed by atoms with Crippen LogP contribution in [-0.2, 0) is 6.54 Å². The zero-order chi connectivity index (χ0) is 20.8. The number of carbonyl (C=O) groups excluding carboxylic acids is 2. The molecule has 29 heavy (non-hydrogen) atoms. The van der Waals surface area contributed by atoms with Crippen LogP contribution in [0.25, 0.3) is 0 Å². The molecule has 0 bridgehead atoms. The van der Waals surface area contributed by atoms with E-state index in [0.717, 1.165) is 22.4 Å². The van der Waals surface area contributed by atoms with Crippen LogP contribution >= 0.6 is 0 Å². The molecule has 148 valence electrons. The van der Waals surface area contributed by atoms with Crippen molar-refractivity contribution in [3.8, 4) is 0 Å². The average Bonchev–Trinajstić information content (AvgIpc) is 2.73. The molecule has 0 heterocycles. The fourth-order valence-corrected chi connectivity index (χ4v) is 3.30. The highest BCUT2D eigenvalue weighted by Gasteiger charge is 2.17. The van der Waals surface area contributed by atoms with Gasteiger partial charge in [-0.15, -0.1) is 0 Å². The monoisotopic (exact) mass is 386 g/mol. The van der Waals surface area contributed by atoms with Gasteiger partial charge in [-0.3, -0.25) is 9.59 Å². The highest BCUT2D eigenvalue weighted by molar-refractivity contribution is 6.07. The lowest BCUT2D eigenvalue weighted by molar-refractivity contribution is 0.0951. The lowest BCUT2D eigenvalue weighted by atomic mass is 10.1. The molecule has 0 fully saturated rings. The third kappa shape index (κ3) is 5.11. The van der Waals surface area contributed by atoms with Crippen molar-refractivity contribution in [2.75, 3.05) is 11.4 Å². The third-order valence-electron chi connectivity index (χ3n) is 4.78. The standard InChI is InChI=1S/C25H26N2O2/c1-4-27(23-13-6-9-19(3)15-23)25(29)22-12-7-11-21(16-22)24(28)26-17-20-10-5-8-18(2)14-20/h5-16H,4,17H2,1-3H3,(H,26,28). The summed E-state index contributed by atoms with van der Waals surface area (Å²) in [5, 5.41) is 2.93. The van der Waals surface area contributed by atoms with Crippen LogP contribution in [-0.4, -0.2) is 18.4 Å². The lowest BCUT2D eigenvalue weighted by Crippen LogP contribution is -2.31. The zero-order valence-electron chi connectivity index (χ0n) is 17.1. The first kappa shape index (κ1) is 20.3. The zero-order valence-corrected chi connectivity index (χ0v) is 17.1. The molecule has 1 N–H and O–H groups in total. The summed E-state index contributed by atoms with van der Waals surface area (Å²) in [6.45, 7) is 6.96. The van der Waals surface area contributed by atoms with E-state index < -0.39 is 0 Å². The molecule has 4 heteroatoms. The highest BCUT2D eigenvalue weighted by atomic mass is 16.2. The summed E-state index contributed by atoms with van der Waals surface area (Å²) in [6.07, 6.45) is 0. The van der Waals surface area contributed by atoms with Crippen molar-refractivity contribution >= 4 is 17.5 Å². The second-order valence-electron chi connectivity index (χ2n) is 7.14. The van der Waals surface area contributed by atoms with Gasteiger partial charge in [0.1, 0.15) is 0 Å². The Kier molecular flexibility index (Phi) is 6.45. The molecular weight excluding hydrogens is 360 g/mol. The van der Waals surface area contributed by atoms with Crippen molar-refractivity contribution in [1.82, 2.24) is 5.32 Å². The predicted molar refractivity (Wildman–Crippen MR) is 117 cm³/mol. The molecule has 0 saturated carbocycles. The van der Waals surface area contributed by atoms with Crippen LogP contribution in [0.3, 0.4) is 0 Å². The number of aryl methyl sites for hydroxylation is 2. The third-order valence-corrected chi connectivity index (χ3v) is 4.78. The highest BCUT2D eigenvalue weighted by Crippen LogP contribution is 2.19. The largest absolute Gasteiger partial charge is 0.348 e. The Morgan fingerprint density at radius 3 is 2.17 bits per heavy atom. The van der Waals surface area contributed by atoms with Crippen LogP contribution in [0, 0.1) is 13.8 Å². The molecule has 0 spiro atoms. The minimum absolute atomic E-state index is 0.119. The second kappa shape index (κ2) is 9.20. The molecule has 3 aromatic rings. The summed E-state index contributed by atoms with van der Waals surface area (Å²) in [5.41, 5.74) is 5.12. The number of nitrogens with one attached hydrogen (secondary N) is 1. The first-order valence-corrected chi connectivity index (χ1v) is 9.80. The van der Waals surface area contributed by atoms with Crippen LogP contribution in [0.15, 0.2) is 72.8 Å². The van der Waals surface area contributed by atoms with Gasteiger partial charge in [0.2, 0.25) is 0 Å². The van der Waals surface area contributed by atoms with Gasteiger partial charge in [-0.2, -0.15) is 0 Å². The smallest absolute Gasteiger partial charge is 0.258 e. The molecule has 0 saturated heterocycles. The Hall–Kier alpha value is -3.40. The molecule has 0 atom stereocenters. The van der Waals surface area contributed by atoms with Gasteiger partial charge < -0.3 is 10.2 Å². The minimum atomic E-state index is -0.195. The molecule has 2 amide bonds. The molecule has 0 radical (unpaired) electrons. The van der Waals surface area contributed by atoms with Crippen LogP contribution in [0.4, 0.5) is 5.69 Å². The topological polar surface area (TPSA) is 49.4 Å². The first-order valence-electron chi connectivity index (χ1n) is 9.80. The van der Waals surface area contributed by atoms with Crippen LogP contribution in [0.1, 0.15) is 44.3 Å². The fourth-order valence-electron chi connectivity index (χ4n) is 3.30. The van der Waals surface area contributed by atoms with Crippen molar-refractivity contribution in [3.63, 3.8) is 0 Å². The molecule has 0 aliphatic heterocycles. The molecule has 3 rings (SSSR count). The molecule has 3 aromatic carbocycles. The number of rotatable bonds is 6. The minimum Gasteiger partial charge on any atom is -0.348 e. The van der Waals surface area contributed by atoms with E-state index in [4.69, 9.17) is 0 Å². The van der Waals surface area contributed by atoms with Gasteiger partial charge in [-0.25, -0.2) is 0 Å². The Morgan fingerprint density at radius 1 is 0.828 bits per heavy atom. The van der Waals surface area contributed by atoms with Gasteiger partial charge in [0.25, 0.3) is 11.8 Å². The number of benzene rings is 3. The molecule has 4 nitrogen and oxygen atoms in total. The average molecular weight is 386 g/mol. The Morgan fingerprint density at radius 2 is 1.48 bits per heavy atom. The summed E-state index contributed by atoms with van der Waals surface area (Å²) in [5.74, 6) is -0.314.